The van der Waals surface area contributed by atoms with Gasteiger partial charge in [-0.2, -0.15) is 29.4 Å². The minimum absolute atomic E-state index is 0. The first-order valence-electron chi connectivity index (χ1n) is 16.5. The van der Waals surface area contributed by atoms with Crippen LogP contribution in [0.3, 0.4) is 0 Å². The molecule has 0 fully saturated rings. The molecule has 0 saturated carbocycles. The second-order valence-electron chi connectivity index (χ2n) is 12.8. The molecule has 0 amide bonds. The van der Waals surface area contributed by atoms with E-state index in [1.165, 1.54) is 54.8 Å². The van der Waals surface area contributed by atoms with E-state index in [9.17, 15) is 0 Å². The van der Waals surface area contributed by atoms with Crippen LogP contribution in [0.1, 0.15) is 0 Å². The number of fused-ring (bicyclic) bond motifs is 12. The van der Waals surface area contributed by atoms with E-state index < -0.39 is 0 Å². The predicted octanol–water partition coefficient (Wildman–Crippen LogP) is 11.8. The molecule has 0 atom stereocenters. The van der Waals surface area contributed by atoms with Crippen LogP contribution in [0, 0.1) is 6.07 Å². The van der Waals surface area contributed by atoms with Crippen LogP contribution in [-0.4, -0.2) is 14.2 Å². The normalized spacial score (nSPS) is 11.8. The number of hydrogen-bond acceptors (Lipinski definition) is 2. The summed E-state index contributed by atoms with van der Waals surface area (Å²) < 4.78 is 10.5. The predicted molar refractivity (Wildman–Crippen MR) is 202 cm³/mol. The summed E-state index contributed by atoms with van der Waals surface area (Å²) in [7, 11) is 0. The van der Waals surface area contributed by atoms with E-state index in [1.807, 2.05) is 28.9 Å². The number of nitrogens with zero attached hydrogens (tertiary/aromatic N) is 3. The summed E-state index contributed by atoms with van der Waals surface area (Å²) in [5, 5.41) is 12.9. The van der Waals surface area contributed by atoms with Crippen LogP contribution in [-0.2, 0) is 20.1 Å². The standard InChI is InChI=1S/C45H26N3O.Ir/c1-4-13-40-34(11-1)38-26-30(31-18-21-45-39(27-31)36-12-3-6-15-44(36)49-45)17-20-41(38)47(40)32-9-7-8-28(24-32)29-16-19-35-37(25-29)33-10-2-5-14-42(33)48-43(35)22-23-46-48;/h1-13,15-27H;/q-1;. The van der Waals surface area contributed by atoms with Gasteiger partial charge in [0.25, 0.3) is 0 Å². The maximum absolute atomic E-state index is 6.11. The van der Waals surface area contributed by atoms with Gasteiger partial charge >= 0.3 is 0 Å². The molecule has 0 unspecified atom stereocenters. The minimum Gasteiger partial charge on any atom is -0.456 e. The van der Waals surface area contributed by atoms with Gasteiger partial charge in [0.15, 0.2) is 0 Å². The molecule has 0 spiro atoms. The van der Waals surface area contributed by atoms with E-state index in [-0.39, 0.29) is 20.1 Å². The quantitative estimate of drug-likeness (QED) is 0.132. The summed E-state index contributed by atoms with van der Waals surface area (Å²) in [4.78, 5) is 0. The molecule has 1 radical (unpaired) electrons. The average molecular weight is 817 g/mol. The summed E-state index contributed by atoms with van der Waals surface area (Å²) in [5.41, 5.74) is 12.1. The zero-order valence-corrected chi connectivity index (χ0v) is 29.0. The van der Waals surface area contributed by atoms with Crippen molar-refractivity contribution in [3.8, 4) is 27.9 Å². The maximum atomic E-state index is 6.11. The Morgan fingerprint density at radius 3 is 2.06 bits per heavy atom. The van der Waals surface area contributed by atoms with Crippen LogP contribution >= 0.6 is 0 Å². The van der Waals surface area contributed by atoms with Crippen molar-refractivity contribution in [3.63, 3.8) is 0 Å². The maximum Gasteiger partial charge on any atom is 0.135 e. The molecule has 0 bridgehead atoms. The minimum atomic E-state index is 0. The summed E-state index contributed by atoms with van der Waals surface area (Å²) in [5.74, 6) is 0. The van der Waals surface area contributed by atoms with Gasteiger partial charge in [0.1, 0.15) is 11.2 Å². The number of furan rings is 1. The first kappa shape index (κ1) is 29.0. The van der Waals surface area contributed by atoms with E-state index in [0.717, 1.165) is 44.0 Å². The van der Waals surface area contributed by atoms with Crippen molar-refractivity contribution in [1.29, 1.82) is 0 Å². The Labute approximate surface area is 300 Å². The summed E-state index contributed by atoms with van der Waals surface area (Å²) in [6.07, 6.45) is 1.86. The Morgan fingerprint density at radius 2 is 1.14 bits per heavy atom. The molecular formula is C45H26IrN3O-. The first-order valence-corrected chi connectivity index (χ1v) is 16.5. The SMILES string of the molecule is [Ir].[c-]1cccc2c3cc(-c4cccc(-n5c6ccccc6c6cc(-c7ccc8oc9ccccc9c8c7)ccc65)c4)ccc3c3ccnn3c12. The fraction of sp³-hybridized carbons (Fsp3) is 0. The fourth-order valence-electron chi connectivity index (χ4n) is 7.84. The van der Waals surface area contributed by atoms with Crippen molar-refractivity contribution in [2.75, 3.05) is 0 Å². The third-order valence-electron chi connectivity index (χ3n) is 10.1. The summed E-state index contributed by atoms with van der Waals surface area (Å²) >= 11 is 0. The van der Waals surface area contributed by atoms with E-state index >= 15 is 0 Å². The van der Waals surface area contributed by atoms with Crippen molar-refractivity contribution < 1.29 is 24.5 Å². The number of rotatable bonds is 3. The number of para-hydroxylation sites is 3. The molecule has 0 aliphatic heterocycles. The number of aromatic nitrogens is 3. The molecule has 4 nitrogen and oxygen atoms in total. The first-order chi connectivity index (χ1) is 24.3. The van der Waals surface area contributed by atoms with E-state index in [4.69, 9.17) is 4.42 Å². The van der Waals surface area contributed by atoms with Crippen molar-refractivity contribution in [3.05, 3.63) is 164 Å². The molecule has 11 aromatic rings. The van der Waals surface area contributed by atoms with Gasteiger partial charge in [-0.05, 0) is 87.8 Å². The Morgan fingerprint density at radius 1 is 0.460 bits per heavy atom. The van der Waals surface area contributed by atoms with Gasteiger partial charge in [-0.1, -0.05) is 84.2 Å². The molecule has 4 aromatic heterocycles. The molecule has 0 saturated heterocycles. The van der Waals surface area contributed by atoms with Crippen molar-refractivity contribution in [1.82, 2.24) is 14.2 Å². The van der Waals surface area contributed by atoms with Crippen molar-refractivity contribution in [2.24, 2.45) is 0 Å². The smallest absolute Gasteiger partial charge is 0.135 e. The van der Waals surface area contributed by atoms with Gasteiger partial charge in [0, 0.05) is 53.5 Å². The van der Waals surface area contributed by atoms with Crippen LogP contribution < -0.4 is 0 Å². The molecule has 7 aromatic carbocycles. The average Bonchev–Trinajstić information content (AvgIpc) is 3.89. The third kappa shape index (κ3) is 4.18. The zero-order chi connectivity index (χ0) is 32.1. The van der Waals surface area contributed by atoms with Crippen LogP contribution in [0.2, 0.25) is 0 Å². The summed E-state index contributed by atoms with van der Waals surface area (Å²) in [6.45, 7) is 0. The summed E-state index contributed by atoms with van der Waals surface area (Å²) in [6, 6.07) is 57.7. The van der Waals surface area contributed by atoms with E-state index in [1.54, 1.807) is 0 Å². The van der Waals surface area contributed by atoms with Gasteiger partial charge in [-0.3, -0.25) is 4.52 Å². The molecular weight excluding hydrogens is 791 g/mol. The molecule has 237 valence electrons. The molecule has 11 rings (SSSR count). The number of hydrogen-bond donors (Lipinski definition) is 0. The fourth-order valence-corrected chi connectivity index (χ4v) is 7.84. The monoisotopic (exact) mass is 817 g/mol. The molecule has 0 N–H and O–H groups in total. The van der Waals surface area contributed by atoms with Gasteiger partial charge in [0.05, 0.1) is 16.6 Å². The van der Waals surface area contributed by atoms with Gasteiger partial charge in [0.2, 0.25) is 0 Å². The van der Waals surface area contributed by atoms with Crippen LogP contribution in [0.4, 0.5) is 0 Å². The molecule has 0 aliphatic carbocycles. The second kappa shape index (κ2) is 11.0. The van der Waals surface area contributed by atoms with Crippen molar-refractivity contribution in [2.45, 2.75) is 0 Å². The molecule has 0 aliphatic rings. The number of benzene rings is 7. The third-order valence-corrected chi connectivity index (χ3v) is 10.1. The zero-order valence-electron chi connectivity index (χ0n) is 26.6. The van der Waals surface area contributed by atoms with Gasteiger partial charge in [-0.25, -0.2) is 0 Å². The Balaban J connectivity index is 0.00000316. The van der Waals surface area contributed by atoms with Crippen LogP contribution in [0.25, 0.3) is 98.9 Å². The van der Waals surface area contributed by atoms with Gasteiger partial charge < -0.3 is 8.98 Å². The number of pyridine rings is 1. The molecule has 50 heavy (non-hydrogen) atoms. The molecule has 5 heteroatoms. The molecule has 4 heterocycles. The topological polar surface area (TPSA) is 35.4 Å². The van der Waals surface area contributed by atoms with E-state index in [2.05, 4.69) is 149 Å². The Bertz CT molecular complexity index is 3130. The van der Waals surface area contributed by atoms with E-state index in [0.29, 0.717) is 0 Å². The Hall–Kier alpha value is -6.00. The Kier molecular flexibility index (Phi) is 6.38. The van der Waals surface area contributed by atoms with Crippen LogP contribution in [0.15, 0.2) is 162 Å². The van der Waals surface area contributed by atoms with Crippen molar-refractivity contribution >= 4 is 70.9 Å². The van der Waals surface area contributed by atoms with Gasteiger partial charge in [-0.15, -0.1) is 5.39 Å². The van der Waals surface area contributed by atoms with Crippen LogP contribution in [0.5, 0.6) is 0 Å². The second-order valence-corrected chi connectivity index (χ2v) is 12.8. The largest absolute Gasteiger partial charge is 0.456 e.